The summed E-state index contributed by atoms with van der Waals surface area (Å²) in [4.78, 5) is 12.7. The van der Waals surface area contributed by atoms with Crippen molar-refractivity contribution in [3.05, 3.63) is 28.3 Å². The predicted molar refractivity (Wildman–Crippen MR) is 90.9 cm³/mol. The summed E-state index contributed by atoms with van der Waals surface area (Å²) >= 11 is 6.05. The number of hydrogen-bond acceptors (Lipinski definition) is 1. The van der Waals surface area contributed by atoms with Gasteiger partial charge in [-0.1, -0.05) is 18.5 Å². The molecule has 1 amide bonds. The number of benzene rings is 1. The zero-order valence-electron chi connectivity index (χ0n) is 14.7. The first-order valence-corrected chi connectivity index (χ1v) is 8.01. The molecule has 0 saturated carbocycles. The van der Waals surface area contributed by atoms with Crippen LogP contribution in [0.25, 0.3) is 0 Å². The van der Waals surface area contributed by atoms with Crippen LogP contribution in [0.15, 0.2) is 12.1 Å². The van der Waals surface area contributed by atoms with Gasteiger partial charge in [-0.15, -0.1) is 0 Å². The predicted octanol–water partition coefficient (Wildman–Crippen LogP) is 4.16. The van der Waals surface area contributed by atoms with Gasteiger partial charge in [0.25, 0.3) is 5.91 Å². The van der Waals surface area contributed by atoms with Gasteiger partial charge in [-0.05, 0) is 50.5 Å². The molecule has 0 heterocycles. The van der Waals surface area contributed by atoms with Crippen LogP contribution in [-0.2, 0) is 37.5 Å². The van der Waals surface area contributed by atoms with Crippen molar-refractivity contribution >= 4 is 23.2 Å². The van der Waals surface area contributed by atoms with Crippen molar-refractivity contribution in [3.8, 4) is 0 Å². The van der Waals surface area contributed by atoms with E-state index in [0.29, 0.717) is 9.51 Å². The van der Waals surface area contributed by atoms with Crippen LogP contribution < -0.4 is 5.32 Å². The zero-order chi connectivity index (χ0) is 16.2. The summed E-state index contributed by atoms with van der Waals surface area (Å²) in [6.07, 6.45) is 1.89. The molecular weight excluding hydrogens is 373 g/mol. The Morgan fingerprint density at radius 1 is 1.23 bits per heavy atom. The number of nitrogens with one attached hydrogen (secondary N) is 1. The summed E-state index contributed by atoms with van der Waals surface area (Å²) < 4.78 is 0.700. The number of likely N-dealkylation sites (N-methyl/N-ethyl adjacent to an activating group) is 1. The summed E-state index contributed by atoms with van der Waals surface area (Å²) in [5.74, 6) is 0.0947. The van der Waals surface area contributed by atoms with Crippen LogP contribution in [-0.4, -0.2) is 37.1 Å². The Labute approximate surface area is 165 Å². The Morgan fingerprint density at radius 2 is 1.73 bits per heavy atom. The second kappa shape index (κ2) is 9.37. The molecule has 1 atom stereocenters. The van der Waals surface area contributed by atoms with E-state index in [2.05, 4.69) is 33.3 Å². The van der Waals surface area contributed by atoms with Gasteiger partial charge >= 0.3 is 0 Å². The van der Waals surface area contributed by atoms with Crippen molar-refractivity contribution in [1.82, 2.24) is 0 Å². The maximum absolute atomic E-state index is 12.7. The number of anilines is 1. The van der Waals surface area contributed by atoms with Crippen LogP contribution in [0.3, 0.4) is 0 Å². The van der Waals surface area contributed by atoms with E-state index in [1.165, 1.54) is 0 Å². The van der Waals surface area contributed by atoms with Gasteiger partial charge in [-0.2, -0.15) is 0 Å². The number of rotatable bonds is 6. The molecule has 1 aromatic rings. The van der Waals surface area contributed by atoms with Crippen molar-refractivity contribution < 1.29 is 42.0 Å². The van der Waals surface area contributed by atoms with Gasteiger partial charge in [-0.25, -0.2) is 0 Å². The molecule has 5 heteroatoms. The maximum atomic E-state index is 12.7. The van der Waals surface area contributed by atoms with E-state index in [9.17, 15) is 4.79 Å². The Morgan fingerprint density at radius 3 is 2.14 bits per heavy atom. The van der Waals surface area contributed by atoms with Gasteiger partial charge < -0.3 is 9.80 Å². The van der Waals surface area contributed by atoms with E-state index < -0.39 is 0 Å². The smallest absolute Gasteiger partial charge is 0.282 e. The summed E-state index contributed by atoms with van der Waals surface area (Å²) in [6.45, 7) is 9.12. The normalized spacial score (nSPS) is 12.5. The Bertz CT molecular complexity index is 494. The Kier molecular flexibility index (Phi) is 9.39. The van der Waals surface area contributed by atoms with Crippen molar-refractivity contribution in [2.75, 3.05) is 26.0 Å². The summed E-state index contributed by atoms with van der Waals surface area (Å²) in [5.41, 5.74) is 2.90. The van der Waals surface area contributed by atoms with Crippen molar-refractivity contribution in [2.45, 2.75) is 46.6 Å². The van der Waals surface area contributed by atoms with E-state index in [-0.39, 0.29) is 44.7 Å². The van der Waals surface area contributed by atoms with E-state index >= 15 is 0 Å². The second-order valence-electron chi connectivity index (χ2n) is 6.30. The number of quaternary nitrogens is 1. The molecule has 0 aromatic heterocycles. The van der Waals surface area contributed by atoms with Gasteiger partial charge in [-0.3, -0.25) is 4.79 Å². The average Bonchev–Trinajstić information content (AvgIpc) is 2.39. The minimum atomic E-state index is -0.0329. The first-order chi connectivity index (χ1) is 9.72. The van der Waals surface area contributed by atoms with Crippen LogP contribution in [0.1, 0.15) is 37.8 Å². The summed E-state index contributed by atoms with van der Waals surface area (Å²) in [7, 11) is 4.23. The van der Waals surface area contributed by atoms with E-state index in [4.69, 9.17) is 11.6 Å². The molecule has 0 aliphatic heterocycles. The SMILES string of the molecule is CCCC(C(=O)Nc1c(C)cc(Cl)cc1C)[N+](C)(C)CC.[Y]. The number of carbonyl (C=O) groups excluding carboxylic acids is 1. The molecule has 1 aromatic carbocycles. The van der Waals surface area contributed by atoms with Crippen LogP contribution in [0, 0.1) is 13.8 Å². The molecule has 1 unspecified atom stereocenters. The number of amides is 1. The number of nitrogens with zero attached hydrogens (tertiary/aromatic N) is 1. The Hall–Kier alpha value is 0.0439. The van der Waals surface area contributed by atoms with Crippen LogP contribution in [0.2, 0.25) is 5.02 Å². The fourth-order valence-corrected chi connectivity index (χ4v) is 2.93. The zero-order valence-corrected chi connectivity index (χ0v) is 18.3. The first kappa shape index (κ1) is 22.0. The van der Waals surface area contributed by atoms with Crippen LogP contribution in [0.4, 0.5) is 5.69 Å². The minimum Gasteiger partial charge on any atom is -0.320 e. The molecular formula is C17H28ClN2OY+. The van der Waals surface area contributed by atoms with Gasteiger partial charge in [0.05, 0.1) is 20.6 Å². The molecule has 1 radical (unpaired) electrons. The topological polar surface area (TPSA) is 29.1 Å². The average molecular weight is 401 g/mol. The van der Waals surface area contributed by atoms with Gasteiger partial charge in [0.15, 0.2) is 6.04 Å². The third-order valence-corrected chi connectivity index (χ3v) is 4.49. The molecule has 0 aliphatic rings. The minimum absolute atomic E-state index is 0. The summed E-state index contributed by atoms with van der Waals surface area (Å²) in [6, 6.07) is 3.74. The van der Waals surface area contributed by atoms with E-state index in [1.807, 2.05) is 26.0 Å². The van der Waals surface area contributed by atoms with Crippen LogP contribution in [0.5, 0.6) is 0 Å². The number of aryl methyl sites for hydroxylation is 2. The molecule has 0 bridgehead atoms. The molecule has 1 rings (SSSR count). The first-order valence-electron chi connectivity index (χ1n) is 7.63. The molecule has 3 nitrogen and oxygen atoms in total. The number of hydrogen-bond donors (Lipinski definition) is 1. The number of halogens is 1. The van der Waals surface area contributed by atoms with Crippen molar-refractivity contribution in [3.63, 3.8) is 0 Å². The Balaban J connectivity index is 0.00000441. The van der Waals surface area contributed by atoms with Gasteiger partial charge in [0.2, 0.25) is 0 Å². The molecule has 0 aliphatic carbocycles. The molecule has 0 fully saturated rings. The standard InChI is InChI=1S/C17H27ClN2O.Y/c1-7-9-15(20(5,6)8-2)17(21)19-16-12(3)10-14(18)11-13(16)4;/h10-11,15H,7-9H2,1-6H3;/p+1. The molecule has 0 spiro atoms. The fraction of sp³-hybridized carbons (Fsp3) is 0.588. The molecule has 1 N–H and O–H groups in total. The molecule has 0 saturated heterocycles. The van der Waals surface area contributed by atoms with Crippen LogP contribution >= 0.6 is 11.6 Å². The monoisotopic (exact) mass is 400 g/mol. The number of carbonyl (C=O) groups is 1. The third-order valence-electron chi connectivity index (χ3n) is 4.27. The van der Waals surface area contributed by atoms with Gasteiger partial charge in [0.1, 0.15) is 0 Å². The maximum Gasteiger partial charge on any atom is 0.282 e. The molecule has 121 valence electrons. The largest absolute Gasteiger partial charge is 0.320 e. The van der Waals surface area contributed by atoms with E-state index in [0.717, 1.165) is 36.2 Å². The van der Waals surface area contributed by atoms with Crippen molar-refractivity contribution in [1.29, 1.82) is 0 Å². The second-order valence-corrected chi connectivity index (χ2v) is 6.74. The quantitative estimate of drug-likeness (QED) is 0.714. The fourth-order valence-electron chi connectivity index (χ4n) is 2.61. The summed E-state index contributed by atoms with van der Waals surface area (Å²) in [5, 5.41) is 3.82. The van der Waals surface area contributed by atoms with E-state index in [1.54, 1.807) is 0 Å². The van der Waals surface area contributed by atoms with Gasteiger partial charge in [0, 0.05) is 49.8 Å². The van der Waals surface area contributed by atoms with Crippen molar-refractivity contribution in [2.24, 2.45) is 0 Å². The molecule has 22 heavy (non-hydrogen) atoms. The third kappa shape index (κ3) is 5.60.